The van der Waals surface area contributed by atoms with Gasteiger partial charge in [0, 0.05) is 30.8 Å². The van der Waals surface area contributed by atoms with E-state index in [1.807, 2.05) is 25.1 Å². The quantitative estimate of drug-likeness (QED) is 0.504. The van der Waals surface area contributed by atoms with Gasteiger partial charge in [0.25, 0.3) is 14.2 Å². The monoisotopic (exact) mass is 475 g/mol. The van der Waals surface area contributed by atoms with Gasteiger partial charge in [-0.2, -0.15) is 0 Å². The van der Waals surface area contributed by atoms with E-state index >= 15 is 0 Å². The van der Waals surface area contributed by atoms with E-state index in [-0.39, 0.29) is 5.16 Å². The Labute approximate surface area is 137 Å². The van der Waals surface area contributed by atoms with Gasteiger partial charge in [0.1, 0.15) is 0 Å². The molecule has 0 aliphatic heterocycles. The molecule has 0 fully saturated rings. The predicted octanol–water partition coefficient (Wildman–Crippen LogP) is 3.26. The van der Waals surface area contributed by atoms with Crippen LogP contribution >= 0.6 is 49.2 Å². The highest BCUT2D eigenvalue weighted by atomic mass is 127. The van der Waals surface area contributed by atoms with Crippen molar-refractivity contribution >= 4 is 58.3 Å². The van der Waals surface area contributed by atoms with Crippen molar-refractivity contribution in [2.24, 2.45) is 0 Å². The number of aromatic nitrogens is 3. The Morgan fingerprint density at radius 1 is 1.42 bits per heavy atom. The second kappa shape index (κ2) is 5.66. The third-order valence-corrected chi connectivity index (χ3v) is 5.01. The summed E-state index contributed by atoms with van der Waals surface area (Å²) in [5.41, 5.74) is 0.802. The number of nitrogens with zero attached hydrogens (tertiary/aromatic N) is 3. The van der Waals surface area contributed by atoms with Gasteiger partial charge in [0.15, 0.2) is 5.82 Å². The highest BCUT2D eigenvalue weighted by Gasteiger charge is 2.23. The van der Waals surface area contributed by atoms with Gasteiger partial charge in [-0.1, -0.05) is 15.9 Å². The Balaban J connectivity index is 2.70. The number of hydrogen-bond acceptors (Lipinski definition) is 4. The molecule has 0 atom stereocenters. The van der Waals surface area contributed by atoms with Crippen molar-refractivity contribution in [1.29, 1.82) is 0 Å². The van der Waals surface area contributed by atoms with Crippen LogP contribution in [0.4, 0.5) is 0 Å². The van der Waals surface area contributed by atoms with Crippen molar-refractivity contribution in [3.8, 4) is 11.4 Å². The molecular formula is C10H8BrClIN3O2S. The molecule has 102 valence electrons. The van der Waals surface area contributed by atoms with Crippen LogP contribution in [-0.4, -0.2) is 23.2 Å². The van der Waals surface area contributed by atoms with Gasteiger partial charge < -0.3 is 0 Å². The van der Waals surface area contributed by atoms with E-state index in [0.717, 1.165) is 13.6 Å². The molecule has 0 bridgehead atoms. The van der Waals surface area contributed by atoms with Crippen LogP contribution in [0.1, 0.15) is 6.92 Å². The number of benzene rings is 1. The van der Waals surface area contributed by atoms with Gasteiger partial charge in [-0.3, -0.25) is 4.57 Å². The minimum atomic E-state index is -3.91. The first kappa shape index (κ1) is 15.2. The maximum atomic E-state index is 11.4. The zero-order valence-corrected chi connectivity index (χ0v) is 15.0. The van der Waals surface area contributed by atoms with Crippen molar-refractivity contribution in [2.75, 3.05) is 0 Å². The zero-order chi connectivity index (χ0) is 14.2. The van der Waals surface area contributed by atoms with Crippen LogP contribution in [0.2, 0.25) is 0 Å². The van der Waals surface area contributed by atoms with Crippen LogP contribution in [0.15, 0.2) is 27.8 Å². The minimum Gasteiger partial charge on any atom is -0.297 e. The second-order valence-electron chi connectivity index (χ2n) is 3.61. The van der Waals surface area contributed by atoms with Crippen molar-refractivity contribution in [3.63, 3.8) is 0 Å². The van der Waals surface area contributed by atoms with E-state index in [1.165, 1.54) is 4.57 Å². The summed E-state index contributed by atoms with van der Waals surface area (Å²) < 4.78 is 26.2. The highest BCUT2D eigenvalue weighted by Crippen LogP contribution is 2.29. The van der Waals surface area contributed by atoms with Crippen molar-refractivity contribution in [2.45, 2.75) is 18.6 Å². The molecule has 9 heteroatoms. The maximum Gasteiger partial charge on any atom is 0.296 e. The lowest BCUT2D eigenvalue weighted by molar-refractivity contribution is 0.582. The number of rotatable bonds is 3. The fraction of sp³-hybridized carbons (Fsp3) is 0.200. The Morgan fingerprint density at radius 2 is 2.11 bits per heavy atom. The topological polar surface area (TPSA) is 64.8 Å². The standard InChI is InChI=1S/C10H8BrClIN3O2S/c1-2-16-9(14-15-10(16)19(12,17)18)7-5-6(11)3-4-8(7)13/h3-5H,2H2,1H3. The summed E-state index contributed by atoms with van der Waals surface area (Å²) in [4.78, 5) is 0. The van der Waals surface area contributed by atoms with Crippen molar-refractivity contribution in [3.05, 3.63) is 26.2 Å². The summed E-state index contributed by atoms with van der Waals surface area (Å²) in [5, 5.41) is 7.40. The molecule has 0 amide bonds. The van der Waals surface area contributed by atoms with E-state index in [0.29, 0.717) is 12.4 Å². The molecule has 0 radical (unpaired) electrons. The normalized spacial score (nSPS) is 11.8. The van der Waals surface area contributed by atoms with Crippen LogP contribution in [0.5, 0.6) is 0 Å². The largest absolute Gasteiger partial charge is 0.297 e. The van der Waals surface area contributed by atoms with Crippen LogP contribution in [-0.2, 0) is 15.6 Å². The molecule has 1 heterocycles. The summed E-state index contributed by atoms with van der Waals surface area (Å²) >= 11 is 5.54. The molecule has 2 rings (SSSR count). The predicted molar refractivity (Wildman–Crippen MR) is 84.6 cm³/mol. The van der Waals surface area contributed by atoms with Crippen LogP contribution in [0, 0.1) is 3.57 Å². The molecule has 0 N–H and O–H groups in total. The first-order valence-corrected chi connectivity index (χ1v) is 9.36. The molecular weight excluding hydrogens is 468 g/mol. The van der Waals surface area contributed by atoms with E-state index in [1.54, 1.807) is 0 Å². The van der Waals surface area contributed by atoms with E-state index in [4.69, 9.17) is 10.7 Å². The van der Waals surface area contributed by atoms with Gasteiger partial charge in [-0.05, 0) is 47.7 Å². The third-order valence-electron chi connectivity index (χ3n) is 2.42. The van der Waals surface area contributed by atoms with Gasteiger partial charge in [-0.25, -0.2) is 8.42 Å². The Hall–Kier alpha value is -0.190. The van der Waals surface area contributed by atoms with Gasteiger partial charge in [-0.15, -0.1) is 10.2 Å². The van der Waals surface area contributed by atoms with Crippen LogP contribution < -0.4 is 0 Å². The molecule has 0 aliphatic rings. The smallest absolute Gasteiger partial charge is 0.296 e. The van der Waals surface area contributed by atoms with E-state index < -0.39 is 9.05 Å². The summed E-state index contributed by atoms with van der Waals surface area (Å²) in [6, 6.07) is 5.67. The summed E-state index contributed by atoms with van der Waals surface area (Å²) in [7, 11) is 1.44. The minimum absolute atomic E-state index is 0.234. The Morgan fingerprint density at radius 3 is 2.68 bits per heavy atom. The summed E-state index contributed by atoms with van der Waals surface area (Å²) in [5.74, 6) is 0.479. The fourth-order valence-electron chi connectivity index (χ4n) is 1.62. The zero-order valence-electron chi connectivity index (χ0n) is 9.64. The molecule has 0 unspecified atom stereocenters. The Bertz CT molecular complexity index is 732. The number of halogens is 3. The molecule has 0 saturated carbocycles. The van der Waals surface area contributed by atoms with E-state index in [9.17, 15) is 8.42 Å². The van der Waals surface area contributed by atoms with Gasteiger partial charge >= 0.3 is 0 Å². The average Bonchev–Trinajstić information content (AvgIpc) is 2.75. The molecule has 2 aromatic rings. The third kappa shape index (κ3) is 3.11. The lowest BCUT2D eigenvalue weighted by Crippen LogP contribution is -2.06. The molecule has 0 aliphatic carbocycles. The SMILES string of the molecule is CCn1c(-c2cc(Br)ccc2I)nnc1S(=O)(=O)Cl. The van der Waals surface area contributed by atoms with Gasteiger partial charge in [0.2, 0.25) is 0 Å². The first-order valence-electron chi connectivity index (χ1n) is 5.18. The lowest BCUT2D eigenvalue weighted by atomic mass is 10.2. The lowest BCUT2D eigenvalue weighted by Gasteiger charge is -2.07. The Kier molecular flexibility index (Phi) is 4.53. The van der Waals surface area contributed by atoms with Crippen LogP contribution in [0.3, 0.4) is 0 Å². The molecule has 1 aromatic heterocycles. The first-order chi connectivity index (χ1) is 8.84. The molecule has 19 heavy (non-hydrogen) atoms. The maximum absolute atomic E-state index is 11.4. The van der Waals surface area contributed by atoms with Crippen molar-refractivity contribution < 1.29 is 8.42 Å². The molecule has 0 spiro atoms. The fourth-order valence-corrected chi connectivity index (χ4v) is 3.52. The summed E-state index contributed by atoms with van der Waals surface area (Å²) in [6.07, 6.45) is 0. The average molecular weight is 477 g/mol. The van der Waals surface area contributed by atoms with Crippen LogP contribution in [0.25, 0.3) is 11.4 Å². The molecule has 1 aromatic carbocycles. The number of hydrogen-bond donors (Lipinski definition) is 0. The highest BCUT2D eigenvalue weighted by molar-refractivity contribution is 14.1. The van der Waals surface area contributed by atoms with Gasteiger partial charge in [0.05, 0.1) is 0 Å². The summed E-state index contributed by atoms with van der Waals surface area (Å²) in [6.45, 7) is 2.22. The van der Waals surface area contributed by atoms with E-state index in [2.05, 4.69) is 48.7 Å². The molecule has 5 nitrogen and oxygen atoms in total. The second-order valence-corrected chi connectivity index (χ2v) is 8.15. The van der Waals surface area contributed by atoms with Crippen molar-refractivity contribution in [1.82, 2.24) is 14.8 Å². The molecule has 0 saturated heterocycles.